The maximum Gasteiger partial charge on any atom is 0.0991 e. The molecule has 0 aliphatic carbocycles. The molecule has 0 aliphatic rings. The van der Waals surface area contributed by atoms with E-state index in [-0.39, 0.29) is 18.6 Å². The van der Waals surface area contributed by atoms with Gasteiger partial charge in [0, 0.05) is 31.1 Å². The van der Waals surface area contributed by atoms with Crippen molar-refractivity contribution >= 4 is 0 Å². The highest BCUT2D eigenvalue weighted by molar-refractivity contribution is 5.34. The summed E-state index contributed by atoms with van der Waals surface area (Å²) in [4.78, 5) is 4.30. The Hall–Kier alpha value is -2.22. The molecule has 0 saturated carbocycles. The van der Waals surface area contributed by atoms with E-state index in [1.165, 1.54) is 0 Å². The second kappa shape index (κ2) is 8.28. The smallest absolute Gasteiger partial charge is 0.0991 e. The predicted molar refractivity (Wildman–Crippen MR) is 86.1 cm³/mol. The Bertz CT molecular complexity index is 622. The van der Waals surface area contributed by atoms with Gasteiger partial charge in [-0.3, -0.25) is 4.98 Å². The largest absolute Gasteiger partial charge is 0.396 e. The lowest BCUT2D eigenvalue weighted by molar-refractivity contribution is 0.218. The van der Waals surface area contributed by atoms with Crippen LogP contribution in [0, 0.1) is 17.2 Å². The summed E-state index contributed by atoms with van der Waals surface area (Å²) in [5, 5.41) is 21.9. The van der Waals surface area contributed by atoms with Gasteiger partial charge in [0.2, 0.25) is 0 Å². The van der Waals surface area contributed by atoms with Crippen LogP contribution in [0.25, 0.3) is 0 Å². The van der Waals surface area contributed by atoms with Crippen LogP contribution in [0.15, 0.2) is 48.7 Å². The molecule has 0 spiro atoms. The van der Waals surface area contributed by atoms with Gasteiger partial charge in [-0.15, -0.1) is 0 Å². The van der Waals surface area contributed by atoms with Crippen molar-refractivity contribution in [3.63, 3.8) is 0 Å². The normalized spacial score (nSPS) is 13.3. The number of hydrogen-bond acceptors (Lipinski definition) is 4. The lowest BCUT2D eigenvalue weighted by Gasteiger charge is -2.19. The first-order valence-electron chi connectivity index (χ1n) is 7.47. The Morgan fingerprint density at radius 2 is 2.14 bits per heavy atom. The van der Waals surface area contributed by atoms with Crippen molar-refractivity contribution in [2.75, 3.05) is 13.2 Å². The molecule has 2 atom stereocenters. The molecule has 2 unspecified atom stereocenters. The third-order valence-electron chi connectivity index (χ3n) is 3.71. The number of aliphatic hydroxyl groups excluding tert-OH is 1. The molecule has 0 fully saturated rings. The summed E-state index contributed by atoms with van der Waals surface area (Å²) in [5.74, 6) is 0.122. The van der Waals surface area contributed by atoms with Gasteiger partial charge >= 0.3 is 0 Å². The van der Waals surface area contributed by atoms with Gasteiger partial charge in [0.05, 0.1) is 11.6 Å². The average molecular weight is 295 g/mol. The third-order valence-corrected chi connectivity index (χ3v) is 3.71. The lowest BCUT2D eigenvalue weighted by atomic mass is 10.0. The Morgan fingerprint density at radius 3 is 2.82 bits per heavy atom. The second-order valence-electron chi connectivity index (χ2n) is 5.44. The van der Waals surface area contributed by atoms with Gasteiger partial charge in [-0.05, 0) is 49.1 Å². The standard InChI is InChI=1S/C18H21N3O/c1-14(17-6-4-5-15(9-17)11-19)21-12-16(13-22)10-18-7-2-3-8-20-18/h2-9,14,16,21-22H,10,12-13H2,1H3. The molecule has 4 heteroatoms. The number of nitrogens with one attached hydrogen (secondary N) is 1. The van der Waals surface area contributed by atoms with Crippen LogP contribution in [0.2, 0.25) is 0 Å². The molecule has 2 rings (SSSR count). The first-order valence-corrected chi connectivity index (χ1v) is 7.47. The summed E-state index contributed by atoms with van der Waals surface area (Å²) in [6, 6.07) is 15.7. The molecule has 0 bridgehead atoms. The monoisotopic (exact) mass is 295 g/mol. The minimum absolute atomic E-state index is 0.120. The highest BCUT2D eigenvalue weighted by Crippen LogP contribution is 2.15. The lowest BCUT2D eigenvalue weighted by Crippen LogP contribution is -2.29. The van der Waals surface area contributed by atoms with Crippen LogP contribution in [-0.2, 0) is 6.42 Å². The van der Waals surface area contributed by atoms with Crippen LogP contribution >= 0.6 is 0 Å². The Labute approximate surface area is 131 Å². The summed E-state index contributed by atoms with van der Waals surface area (Å²) < 4.78 is 0. The van der Waals surface area contributed by atoms with Crippen molar-refractivity contribution in [3.05, 3.63) is 65.5 Å². The van der Waals surface area contributed by atoms with Gasteiger partial charge in [-0.1, -0.05) is 18.2 Å². The van der Waals surface area contributed by atoms with Crippen molar-refractivity contribution in [3.8, 4) is 6.07 Å². The summed E-state index contributed by atoms with van der Waals surface area (Å²) >= 11 is 0. The van der Waals surface area contributed by atoms with Gasteiger partial charge in [0.15, 0.2) is 0 Å². The van der Waals surface area contributed by atoms with Crippen LogP contribution in [-0.4, -0.2) is 23.2 Å². The molecule has 1 aromatic carbocycles. The molecule has 0 radical (unpaired) electrons. The zero-order valence-electron chi connectivity index (χ0n) is 12.7. The topological polar surface area (TPSA) is 68.9 Å². The van der Waals surface area contributed by atoms with Crippen molar-refractivity contribution in [1.29, 1.82) is 5.26 Å². The van der Waals surface area contributed by atoms with E-state index in [0.29, 0.717) is 12.1 Å². The van der Waals surface area contributed by atoms with Crippen molar-refractivity contribution < 1.29 is 5.11 Å². The van der Waals surface area contributed by atoms with Gasteiger partial charge in [0.1, 0.15) is 0 Å². The molecule has 0 aliphatic heterocycles. The van der Waals surface area contributed by atoms with Crippen LogP contribution in [0.5, 0.6) is 0 Å². The van der Waals surface area contributed by atoms with E-state index in [1.807, 2.05) is 36.4 Å². The fourth-order valence-corrected chi connectivity index (χ4v) is 2.35. The SMILES string of the molecule is CC(NCC(CO)Cc1ccccn1)c1cccc(C#N)c1. The summed E-state index contributed by atoms with van der Waals surface area (Å²) in [6.45, 7) is 2.88. The first-order chi connectivity index (χ1) is 10.7. The van der Waals surface area contributed by atoms with Gasteiger partial charge in [0.25, 0.3) is 0 Å². The molecular weight excluding hydrogens is 274 g/mol. The van der Waals surface area contributed by atoms with E-state index in [1.54, 1.807) is 12.3 Å². The van der Waals surface area contributed by atoms with Crippen molar-refractivity contribution in [1.82, 2.24) is 10.3 Å². The minimum atomic E-state index is 0.120. The molecule has 22 heavy (non-hydrogen) atoms. The first kappa shape index (κ1) is 16.2. The molecule has 1 heterocycles. The van der Waals surface area contributed by atoms with Crippen LogP contribution < -0.4 is 5.32 Å². The van der Waals surface area contributed by atoms with E-state index in [0.717, 1.165) is 17.7 Å². The molecule has 2 N–H and O–H groups in total. The molecule has 114 valence electrons. The quantitative estimate of drug-likeness (QED) is 0.823. The van der Waals surface area contributed by atoms with Gasteiger partial charge < -0.3 is 10.4 Å². The Morgan fingerprint density at radius 1 is 1.27 bits per heavy atom. The van der Waals surface area contributed by atoms with Crippen LogP contribution in [0.4, 0.5) is 0 Å². The number of aliphatic hydroxyl groups is 1. The Kier molecular flexibility index (Phi) is 6.08. The fourth-order valence-electron chi connectivity index (χ4n) is 2.35. The van der Waals surface area contributed by atoms with E-state index >= 15 is 0 Å². The number of aromatic nitrogens is 1. The third kappa shape index (κ3) is 4.66. The number of benzene rings is 1. The van der Waals surface area contributed by atoms with E-state index in [9.17, 15) is 5.11 Å². The maximum atomic E-state index is 9.54. The molecule has 4 nitrogen and oxygen atoms in total. The number of pyridine rings is 1. The van der Waals surface area contributed by atoms with E-state index < -0.39 is 0 Å². The average Bonchev–Trinajstić information content (AvgIpc) is 2.59. The Balaban J connectivity index is 1.91. The summed E-state index contributed by atoms with van der Waals surface area (Å²) in [7, 11) is 0. The number of nitriles is 1. The van der Waals surface area contributed by atoms with Gasteiger partial charge in [-0.25, -0.2) is 0 Å². The summed E-state index contributed by atoms with van der Waals surface area (Å²) in [6.07, 6.45) is 2.52. The molecule has 0 amide bonds. The molecule has 2 aromatic rings. The van der Waals surface area contributed by atoms with E-state index in [2.05, 4.69) is 23.3 Å². The zero-order valence-corrected chi connectivity index (χ0v) is 12.7. The van der Waals surface area contributed by atoms with Crippen LogP contribution in [0.1, 0.15) is 29.8 Å². The number of hydrogen-bond donors (Lipinski definition) is 2. The van der Waals surface area contributed by atoms with Gasteiger partial charge in [-0.2, -0.15) is 5.26 Å². The molecule has 0 saturated heterocycles. The number of nitrogens with zero attached hydrogens (tertiary/aromatic N) is 2. The predicted octanol–water partition coefficient (Wildman–Crippen LogP) is 2.46. The second-order valence-corrected chi connectivity index (χ2v) is 5.44. The number of rotatable bonds is 7. The zero-order chi connectivity index (χ0) is 15.8. The minimum Gasteiger partial charge on any atom is -0.396 e. The highest BCUT2D eigenvalue weighted by Gasteiger charge is 2.12. The summed E-state index contributed by atoms with van der Waals surface area (Å²) in [5.41, 5.74) is 2.73. The highest BCUT2D eigenvalue weighted by atomic mass is 16.3. The van der Waals surface area contributed by atoms with Crippen molar-refractivity contribution in [2.24, 2.45) is 5.92 Å². The maximum absolute atomic E-state index is 9.54. The molecular formula is C18H21N3O. The van der Waals surface area contributed by atoms with Crippen molar-refractivity contribution in [2.45, 2.75) is 19.4 Å². The fraction of sp³-hybridized carbons (Fsp3) is 0.333. The van der Waals surface area contributed by atoms with E-state index in [4.69, 9.17) is 5.26 Å². The molecule has 1 aromatic heterocycles. The van der Waals surface area contributed by atoms with Crippen LogP contribution in [0.3, 0.4) is 0 Å².